The van der Waals surface area contributed by atoms with Crippen LogP contribution in [0, 0.1) is 17.2 Å². The molecule has 1 aromatic rings. The third-order valence-electron chi connectivity index (χ3n) is 3.54. The van der Waals surface area contributed by atoms with Gasteiger partial charge in [0.1, 0.15) is 0 Å². The van der Waals surface area contributed by atoms with Crippen molar-refractivity contribution >= 4 is 5.91 Å². The average Bonchev–Trinajstić information content (AvgIpc) is 2.35. The molecule has 4 nitrogen and oxygen atoms in total. The van der Waals surface area contributed by atoms with Gasteiger partial charge in [-0.05, 0) is 12.5 Å². The molecule has 0 aromatic carbocycles. The summed E-state index contributed by atoms with van der Waals surface area (Å²) in [4.78, 5) is 16.8. The van der Waals surface area contributed by atoms with Crippen molar-refractivity contribution in [3.8, 4) is 0 Å². The lowest BCUT2D eigenvalue weighted by molar-refractivity contribution is -0.0183. The zero-order chi connectivity index (χ0) is 14.2. The quantitative estimate of drug-likeness (QED) is 0.788. The van der Waals surface area contributed by atoms with Gasteiger partial charge in [0.2, 0.25) is 5.95 Å². The molecule has 0 bridgehead atoms. The minimum atomic E-state index is -1.28. The third-order valence-corrected chi connectivity index (χ3v) is 3.54. The number of amides is 1. The smallest absolute Gasteiger partial charge is 0.257 e. The first kappa shape index (κ1) is 13.9. The van der Waals surface area contributed by atoms with E-state index < -0.39 is 29.2 Å². The van der Waals surface area contributed by atoms with Crippen LogP contribution in [0.25, 0.3) is 0 Å². The summed E-state index contributed by atoms with van der Waals surface area (Å²) >= 11 is 0. The molecule has 1 unspecified atom stereocenters. The van der Waals surface area contributed by atoms with E-state index >= 15 is 0 Å². The first-order chi connectivity index (χ1) is 8.83. The Hall–Kier alpha value is -1.56. The monoisotopic (exact) mass is 270 g/mol. The summed E-state index contributed by atoms with van der Waals surface area (Å²) in [5.41, 5.74) is -0.782. The fraction of sp³-hybridized carbons (Fsp3) is 0.538. The van der Waals surface area contributed by atoms with Crippen LogP contribution < -0.4 is 0 Å². The summed E-state index contributed by atoms with van der Waals surface area (Å²) in [6.45, 7) is 4.30. The predicted octanol–water partition coefficient (Wildman–Crippen LogP) is 1.59. The van der Waals surface area contributed by atoms with Gasteiger partial charge in [0.25, 0.3) is 5.91 Å². The van der Waals surface area contributed by atoms with Crippen molar-refractivity contribution in [1.29, 1.82) is 0 Å². The summed E-state index contributed by atoms with van der Waals surface area (Å²) in [5, 5.41) is 9.82. The number of piperidine rings is 1. The number of carbonyl (C=O) groups excluding carboxylic acids is 1. The van der Waals surface area contributed by atoms with Crippen LogP contribution in [0.15, 0.2) is 12.3 Å². The van der Waals surface area contributed by atoms with E-state index in [4.69, 9.17) is 0 Å². The van der Waals surface area contributed by atoms with E-state index in [0.29, 0.717) is 19.5 Å². The topological polar surface area (TPSA) is 53.4 Å². The number of pyridine rings is 1. The number of carbonyl (C=O) groups is 1. The highest BCUT2D eigenvalue weighted by Gasteiger charge is 2.37. The van der Waals surface area contributed by atoms with Crippen LogP contribution in [0.2, 0.25) is 0 Å². The minimum Gasteiger partial charge on any atom is -0.392 e. The number of aliphatic hydroxyl groups is 1. The Bertz CT molecular complexity index is 505. The molecule has 1 aromatic heterocycles. The normalized spacial score (nSPS) is 22.4. The lowest BCUT2D eigenvalue weighted by Crippen LogP contribution is -2.50. The average molecular weight is 270 g/mol. The Labute approximate surface area is 110 Å². The molecule has 1 aliphatic heterocycles. The number of nitrogens with zero attached hydrogens (tertiary/aromatic N) is 2. The molecule has 0 spiro atoms. The van der Waals surface area contributed by atoms with Gasteiger partial charge in [-0.25, -0.2) is 9.37 Å². The second-order valence-electron chi connectivity index (χ2n) is 5.48. The first-order valence-electron chi connectivity index (χ1n) is 6.10. The summed E-state index contributed by atoms with van der Waals surface area (Å²) in [6.07, 6.45) is 0.985. The molecule has 19 heavy (non-hydrogen) atoms. The molecule has 1 aliphatic rings. The molecule has 1 amide bonds. The highest BCUT2D eigenvalue weighted by atomic mass is 19.2. The van der Waals surface area contributed by atoms with E-state index in [0.717, 1.165) is 6.20 Å². The molecule has 6 heteroatoms. The molecular weight excluding hydrogens is 254 g/mol. The van der Waals surface area contributed by atoms with E-state index in [-0.39, 0.29) is 5.56 Å². The van der Waals surface area contributed by atoms with E-state index in [1.165, 1.54) is 11.0 Å². The van der Waals surface area contributed by atoms with Crippen LogP contribution in [0.1, 0.15) is 30.6 Å². The van der Waals surface area contributed by atoms with Gasteiger partial charge < -0.3 is 10.0 Å². The molecule has 104 valence electrons. The van der Waals surface area contributed by atoms with Crippen molar-refractivity contribution in [2.45, 2.75) is 26.4 Å². The zero-order valence-electron chi connectivity index (χ0n) is 10.9. The molecule has 0 aliphatic carbocycles. The van der Waals surface area contributed by atoms with Crippen LogP contribution in [0.5, 0.6) is 0 Å². The summed E-state index contributed by atoms with van der Waals surface area (Å²) < 4.78 is 26.6. The molecule has 2 rings (SSSR count). The number of halogens is 2. The maximum Gasteiger partial charge on any atom is 0.257 e. The number of rotatable bonds is 1. The lowest BCUT2D eigenvalue weighted by atomic mass is 9.81. The van der Waals surface area contributed by atoms with Crippen molar-refractivity contribution in [3.05, 3.63) is 29.6 Å². The Balaban J connectivity index is 2.23. The Kier molecular flexibility index (Phi) is 3.54. The number of likely N-dealkylation sites (tertiary alicyclic amines) is 1. The van der Waals surface area contributed by atoms with Gasteiger partial charge in [-0.2, -0.15) is 4.39 Å². The second kappa shape index (κ2) is 4.85. The maximum absolute atomic E-state index is 13.5. The highest BCUT2D eigenvalue weighted by Crippen LogP contribution is 2.30. The molecule has 1 N–H and O–H groups in total. The molecule has 1 atom stereocenters. The van der Waals surface area contributed by atoms with Gasteiger partial charge >= 0.3 is 0 Å². The van der Waals surface area contributed by atoms with Gasteiger partial charge in [0.15, 0.2) is 5.82 Å². The van der Waals surface area contributed by atoms with Crippen molar-refractivity contribution in [2.24, 2.45) is 5.41 Å². The minimum absolute atomic E-state index is 0.302. The van der Waals surface area contributed by atoms with E-state index in [1.807, 2.05) is 13.8 Å². The molecule has 2 heterocycles. The SMILES string of the molecule is CC1(C)CN(C(=O)c2ccnc(F)c2F)CCC1O. The van der Waals surface area contributed by atoms with Crippen LogP contribution in [-0.4, -0.2) is 40.1 Å². The Morgan fingerprint density at radius 1 is 1.53 bits per heavy atom. The lowest BCUT2D eigenvalue weighted by Gasteiger charge is -2.41. The molecule has 0 saturated carbocycles. The fourth-order valence-electron chi connectivity index (χ4n) is 2.27. The van der Waals surface area contributed by atoms with Crippen molar-refractivity contribution < 1.29 is 18.7 Å². The number of aromatic nitrogens is 1. The van der Waals surface area contributed by atoms with Gasteiger partial charge in [-0.15, -0.1) is 0 Å². The van der Waals surface area contributed by atoms with Gasteiger partial charge in [0.05, 0.1) is 11.7 Å². The second-order valence-corrected chi connectivity index (χ2v) is 5.48. The maximum atomic E-state index is 13.5. The van der Waals surface area contributed by atoms with Crippen LogP contribution >= 0.6 is 0 Å². The van der Waals surface area contributed by atoms with E-state index in [2.05, 4.69) is 4.98 Å². The highest BCUT2D eigenvalue weighted by molar-refractivity contribution is 5.94. The number of hydrogen-bond acceptors (Lipinski definition) is 3. The van der Waals surface area contributed by atoms with E-state index in [1.54, 1.807) is 0 Å². The van der Waals surface area contributed by atoms with Gasteiger partial charge in [-0.1, -0.05) is 13.8 Å². The van der Waals surface area contributed by atoms with E-state index in [9.17, 15) is 18.7 Å². The number of hydrogen-bond donors (Lipinski definition) is 1. The van der Waals surface area contributed by atoms with Crippen LogP contribution in [0.3, 0.4) is 0 Å². The molecular formula is C13H16F2N2O2. The first-order valence-corrected chi connectivity index (χ1v) is 6.10. The standard InChI is InChI=1S/C13H16F2N2O2/c1-13(2)7-17(6-4-9(13)18)12(19)8-3-5-16-11(15)10(8)14/h3,5,9,18H,4,6-7H2,1-2H3. The molecule has 1 saturated heterocycles. The Morgan fingerprint density at radius 2 is 2.21 bits per heavy atom. The Morgan fingerprint density at radius 3 is 2.84 bits per heavy atom. The third kappa shape index (κ3) is 2.58. The summed E-state index contributed by atoms with van der Waals surface area (Å²) in [6, 6.07) is 1.17. The summed E-state index contributed by atoms with van der Waals surface area (Å²) in [5.74, 6) is -3.07. The molecule has 0 radical (unpaired) electrons. The number of aliphatic hydroxyl groups excluding tert-OH is 1. The van der Waals surface area contributed by atoms with Crippen molar-refractivity contribution in [3.63, 3.8) is 0 Å². The zero-order valence-corrected chi connectivity index (χ0v) is 10.9. The largest absolute Gasteiger partial charge is 0.392 e. The van der Waals surface area contributed by atoms with Crippen LogP contribution in [-0.2, 0) is 0 Å². The van der Waals surface area contributed by atoms with Crippen LogP contribution in [0.4, 0.5) is 8.78 Å². The summed E-state index contributed by atoms with van der Waals surface area (Å²) in [7, 11) is 0. The fourth-order valence-corrected chi connectivity index (χ4v) is 2.27. The van der Waals surface area contributed by atoms with Gasteiger partial charge in [-0.3, -0.25) is 4.79 Å². The predicted molar refractivity (Wildman–Crippen MR) is 64.5 cm³/mol. The molecule has 1 fully saturated rings. The van der Waals surface area contributed by atoms with Crippen molar-refractivity contribution in [2.75, 3.05) is 13.1 Å². The van der Waals surface area contributed by atoms with Gasteiger partial charge in [0, 0.05) is 24.7 Å². The van der Waals surface area contributed by atoms with Crippen molar-refractivity contribution in [1.82, 2.24) is 9.88 Å².